The van der Waals surface area contributed by atoms with E-state index in [-0.39, 0.29) is 12.0 Å². The monoisotopic (exact) mass is 289 g/mol. The van der Waals surface area contributed by atoms with Gasteiger partial charge in [-0.15, -0.1) is 0 Å². The quantitative estimate of drug-likeness (QED) is 0.868. The molecule has 104 valence electrons. The zero-order chi connectivity index (χ0) is 13.9. The highest BCUT2D eigenvalue weighted by Gasteiger charge is 2.28. The lowest BCUT2D eigenvalue weighted by Crippen LogP contribution is -2.30. The van der Waals surface area contributed by atoms with Crippen LogP contribution < -0.4 is 4.74 Å². The van der Waals surface area contributed by atoms with Gasteiger partial charge in [-0.1, -0.05) is 0 Å². The Morgan fingerprint density at radius 1 is 1.50 bits per heavy atom. The number of ether oxygens (including phenoxy) is 1. The van der Waals surface area contributed by atoms with Crippen molar-refractivity contribution in [2.75, 3.05) is 13.1 Å². The van der Waals surface area contributed by atoms with Crippen molar-refractivity contribution in [2.45, 2.75) is 19.4 Å². The van der Waals surface area contributed by atoms with Crippen LogP contribution in [0.5, 0.6) is 5.88 Å². The lowest BCUT2D eigenvalue weighted by molar-refractivity contribution is 0.0771. The lowest BCUT2D eigenvalue weighted by atomic mass is 10.3. The van der Waals surface area contributed by atoms with Crippen LogP contribution in [-0.4, -0.2) is 40.0 Å². The third kappa shape index (κ3) is 2.80. The maximum absolute atomic E-state index is 12.2. The normalized spacial score (nSPS) is 18.2. The molecule has 1 aliphatic heterocycles. The van der Waals surface area contributed by atoms with E-state index in [1.165, 1.54) is 11.3 Å². The second-order valence-corrected chi connectivity index (χ2v) is 5.51. The molecule has 0 radical (unpaired) electrons. The summed E-state index contributed by atoms with van der Waals surface area (Å²) in [4.78, 5) is 22.3. The smallest absolute Gasteiger partial charge is 0.254 e. The van der Waals surface area contributed by atoms with E-state index in [1.54, 1.807) is 12.3 Å². The number of likely N-dealkylation sites (tertiary alicyclic amines) is 1. The van der Waals surface area contributed by atoms with E-state index in [0.717, 1.165) is 18.5 Å². The van der Waals surface area contributed by atoms with Gasteiger partial charge in [0.25, 0.3) is 5.91 Å². The summed E-state index contributed by atoms with van der Waals surface area (Å²) < 4.78 is 5.81. The first-order valence-electron chi connectivity index (χ1n) is 6.50. The predicted octanol–water partition coefficient (Wildman–Crippen LogP) is 2.14. The third-order valence-electron chi connectivity index (χ3n) is 3.24. The maximum Gasteiger partial charge on any atom is 0.254 e. The van der Waals surface area contributed by atoms with Crippen LogP contribution in [-0.2, 0) is 0 Å². The largest absolute Gasteiger partial charge is 0.472 e. The number of aryl methyl sites for hydroxylation is 1. The summed E-state index contributed by atoms with van der Waals surface area (Å²) in [5.41, 5.74) is 0.758. The fraction of sp³-hybridized carbons (Fsp3) is 0.357. The minimum absolute atomic E-state index is 0.00638. The summed E-state index contributed by atoms with van der Waals surface area (Å²) in [6, 6.07) is 3.60. The summed E-state index contributed by atoms with van der Waals surface area (Å²) in [6.45, 7) is 3.16. The highest BCUT2D eigenvalue weighted by Crippen LogP contribution is 2.19. The molecule has 1 fully saturated rings. The second kappa shape index (κ2) is 5.58. The molecule has 1 amide bonds. The van der Waals surface area contributed by atoms with E-state index in [9.17, 15) is 4.79 Å². The Hall–Kier alpha value is -1.95. The Balaban J connectivity index is 1.61. The van der Waals surface area contributed by atoms with Crippen LogP contribution >= 0.6 is 11.3 Å². The number of nitrogens with zero attached hydrogens (tertiary/aromatic N) is 3. The first-order valence-corrected chi connectivity index (χ1v) is 7.44. The van der Waals surface area contributed by atoms with E-state index in [1.807, 2.05) is 28.7 Å². The van der Waals surface area contributed by atoms with Crippen LogP contribution in [0.4, 0.5) is 0 Å². The molecule has 0 N–H and O–H groups in total. The average molecular weight is 289 g/mol. The van der Waals surface area contributed by atoms with E-state index in [4.69, 9.17) is 4.74 Å². The van der Waals surface area contributed by atoms with Gasteiger partial charge in [0.15, 0.2) is 0 Å². The van der Waals surface area contributed by atoms with Crippen LogP contribution in [0.2, 0.25) is 0 Å². The molecule has 2 aromatic rings. The van der Waals surface area contributed by atoms with Crippen molar-refractivity contribution in [3.8, 4) is 5.88 Å². The highest BCUT2D eigenvalue weighted by atomic mass is 32.1. The molecule has 0 unspecified atom stereocenters. The molecule has 0 bridgehead atoms. The van der Waals surface area contributed by atoms with E-state index >= 15 is 0 Å². The second-order valence-electron chi connectivity index (χ2n) is 4.73. The zero-order valence-electron chi connectivity index (χ0n) is 11.2. The number of rotatable bonds is 3. The molecule has 3 rings (SSSR count). The number of amides is 1. The fourth-order valence-corrected chi connectivity index (χ4v) is 2.88. The summed E-state index contributed by atoms with van der Waals surface area (Å²) in [7, 11) is 0. The molecule has 2 aromatic heterocycles. The zero-order valence-corrected chi connectivity index (χ0v) is 12.0. The van der Waals surface area contributed by atoms with Gasteiger partial charge in [-0.05, 0) is 18.4 Å². The van der Waals surface area contributed by atoms with Crippen molar-refractivity contribution in [3.05, 3.63) is 40.5 Å². The van der Waals surface area contributed by atoms with Gasteiger partial charge in [0, 0.05) is 30.6 Å². The fourth-order valence-electron chi connectivity index (χ4n) is 2.25. The van der Waals surface area contributed by atoms with E-state index in [2.05, 4.69) is 9.97 Å². The van der Waals surface area contributed by atoms with Gasteiger partial charge in [-0.2, -0.15) is 16.3 Å². The van der Waals surface area contributed by atoms with E-state index < -0.39 is 0 Å². The van der Waals surface area contributed by atoms with Crippen LogP contribution in [0, 0.1) is 6.92 Å². The molecular weight excluding hydrogens is 274 g/mol. The summed E-state index contributed by atoms with van der Waals surface area (Å²) in [5, 5.41) is 3.80. The van der Waals surface area contributed by atoms with Gasteiger partial charge in [0.2, 0.25) is 5.88 Å². The highest BCUT2D eigenvalue weighted by molar-refractivity contribution is 7.08. The predicted molar refractivity (Wildman–Crippen MR) is 76.0 cm³/mol. The standard InChI is InChI=1S/C14H15N3O2S/c1-10-15-5-2-13(16-10)19-12-3-6-17(8-12)14(18)11-4-7-20-9-11/h2,4-5,7,9,12H,3,6,8H2,1H3/t12-/m1/s1. The molecule has 1 atom stereocenters. The summed E-state index contributed by atoms with van der Waals surface area (Å²) in [5.74, 6) is 1.34. The number of hydrogen-bond donors (Lipinski definition) is 0. The summed E-state index contributed by atoms with van der Waals surface area (Å²) >= 11 is 1.54. The molecule has 6 heteroatoms. The van der Waals surface area contributed by atoms with Crippen molar-refractivity contribution in [3.63, 3.8) is 0 Å². The maximum atomic E-state index is 12.2. The van der Waals surface area contributed by atoms with Crippen LogP contribution in [0.25, 0.3) is 0 Å². The first-order chi connectivity index (χ1) is 9.72. The Labute approximate surface area is 121 Å². The number of carbonyl (C=O) groups is 1. The van der Waals surface area contributed by atoms with Gasteiger partial charge in [0.1, 0.15) is 11.9 Å². The van der Waals surface area contributed by atoms with Gasteiger partial charge >= 0.3 is 0 Å². The first kappa shape index (κ1) is 13.1. The lowest BCUT2D eigenvalue weighted by Gasteiger charge is -2.16. The van der Waals surface area contributed by atoms with Gasteiger partial charge in [-0.25, -0.2) is 4.98 Å². The molecule has 0 aliphatic carbocycles. The Kier molecular flexibility index (Phi) is 3.64. The van der Waals surface area contributed by atoms with Crippen molar-refractivity contribution in [2.24, 2.45) is 0 Å². The molecule has 20 heavy (non-hydrogen) atoms. The average Bonchev–Trinajstić information content (AvgIpc) is 3.09. The van der Waals surface area contributed by atoms with Crippen LogP contribution in [0.15, 0.2) is 29.1 Å². The van der Waals surface area contributed by atoms with Crippen molar-refractivity contribution >= 4 is 17.2 Å². The molecule has 1 aliphatic rings. The number of carbonyl (C=O) groups excluding carboxylic acids is 1. The van der Waals surface area contributed by atoms with Crippen molar-refractivity contribution in [1.82, 2.24) is 14.9 Å². The van der Waals surface area contributed by atoms with Crippen molar-refractivity contribution < 1.29 is 9.53 Å². The van der Waals surface area contributed by atoms with Gasteiger partial charge in [0.05, 0.1) is 12.1 Å². The minimum atomic E-state index is 0.00638. The van der Waals surface area contributed by atoms with E-state index in [0.29, 0.717) is 18.2 Å². The third-order valence-corrected chi connectivity index (χ3v) is 3.92. The topological polar surface area (TPSA) is 55.3 Å². The molecule has 0 aromatic carbocycles. The molecule has 3 heterocycles. The SMILES string of the molecule is Cc1nccc(O[C@@H]2CCN(C(=O)c3ccsc3)C2)n1. The molecule has 0 saturated carbocycles. The number of aromatic nitrogens is 2. The number of hydrogen-bond acceptors (Lipinski definition) is 5. The van der Waals surface area contributed by atoms with Gasteiger partial charge in [-0.3, -0.25) is 4.79 Å². The summed E-state index contributed by atoms with van der Waals surface area (Å²) in [6.07, 6.45) is 2.52. The molecule has 0 spiro atoms. The van der Waals surface area contributed by atoms with Crippen LogP contribution in [0.1, 0.15) is 22.6 Å². The Morgan fingerprint density at radius 2 is 2.40 bits per heavy atom. The Bertz CT molecular complexity index is 600. The van der Waals surface area contributed by atoms with Crippen molar-refractivity contribution in [1.29, 1.82) is 0 Å². The molecular formula is C14H15N3O2S. The van der Waals surface area contributed by atoms with Crippen LogP contribution in [0.3, 0.4) is 0 Å². The number of thiophene rings is 1. The molecule has 1 saturated heterocycles. The minimum Gasteiger partial charge on any atom is -0.472 e. The Morgan fingerprint density at radius 3 is 3.15 bits per heavy atom. The van der Waals surface area contributed by atoms with Gasteiger partial charge < -0.3 is 9.64 Å². The molecule has 5 nitrogen and oxygen atoms in total.